The van der Waals surface area contributed by atoms with E-state index in [0.29, 0.717) is 0 Å². The number of aromatic nitrogens is 1. The number of aromatic amines is 1. The zero-order valence-electron chi connectivity index (χ0n) is 11.3. The van der Waals surface area contributed by atoms with E-state index in [1.807, 2.05) is 24.3 Å². The van der Waals surface area contributed by atoms with Crippen LogP contribution >= 0.6 is 11.6 Å². The van der Waals surface area contributed by atoms with Crippen LogP contribution in [0.4, 0.5) is 4.39 Å². The van der Waals surface area contributed by atoms with Crippen LogP contribution in [0.2, 0.25) is 5.02 Å². The Morgan fingerprint density at radius 2 is 2.00 bits per heavy atom. The first-order chi connectivity index (χ1) is 10.2. The summed E-state index contributed by atoms with van der Waals surface area (Å²) in [6.07, 6.45) is 0.889. The van der Waals surface area contributed by atoms with Gasteiger partial charge in [-0.25, -0.2) is 4.39 Å². The largest absolute Gasteiger partial charge is 0.357 e. The van der Waals surface area contributed by atoms with Crippen molar-refractivity contribution < 1.29 is 4.39 Å². The number of hydrogen-bond acceptors (Lipinski definition) is 1. The lowest BCUT2D eigenvalue weighted by Crippen LogP contribution is -2.30. The van der Waals surface area contributed by atoms with Gasteiger partial charge in [0.2, 0.25) is 0 Å². The Balaban J connectivity index is 1.92. The van der Waals surface area contributed by atoms with Gasteiger partial charge in [0.1, 0.15) is 5.82 Å². The summed E-state index contributed by atoms with van der Waals surface area (Å²) in [5, 5.41) is 5.22. The van der Waals surface area contributed by atoms with Gasteiger partial charge in [-0.2, -0.15) is 0 Å². The van der Waals surface area contributed by atoms with E-state index < -0.39 is 0 Å². The van der Waals surface area contributed by atoms with Gasteiger partial charge in [0.15, 0.2) is 0 Å². The summed E-state index contributed by atoms with van der Waals surface area (Å²) >= 11 is 6.33. The van der Waals surface area contributed by atoms with Crippen LogP contribution < -0.4 is 5.32 Å². The second kappa shape index (κ2) is 4.86. The number of rotatable bonds is 1. The minimum absolute atomic E-state index is 0.0258. The van der Waals surface area contributed by atoms with E-state index in [4.69, 9.17) is 11.6 Å². The molecule has 2 N–H and O–H groups in total. The molecule has 1 aliphatic rings. The Labute approximate surface area is 126 Å². The van der Waals surface area contributed by atoms with Gasteiger partial charge >= 0.3 is 0 Å². The third-order valence-electron chi connectivity index (χ3n) is 4.13. The van der Waals surface area contributed by atoms with Crippen LogP contribution in [0, 0.1) is 5.82 Å². The molecule has 0 aliphatic carbocycles. The fourth-order valence-electron chi connectivity index (χ4n) is 3.17. The highest BCUT2D eigenvalue weighted by atomic mass is 35.5. The molecule has 1 unspecified atom stereocenters. The van der Waals surface area contributed by atoms with Crippen LogP contribution in [-0.2, 0) is 6.42 Å². The molecule has 1 aliphatic heterocycles. The number of fused-ring (bicyclic) bond motifs is 3. The second-order valence-corrected chi connectivity index (χ2v) is 5.77. The normalized spacial score (nSPS) is 17.9. The molecule has 0 saturated heterocycles. The molecule has 2 nitrogen and oxygen atoms in total. The van der Waals surface area contributed by atoms with Gasteiger partial charge in [-0.1, -0.05) is 29.8 Å². The highest BCUT2D eigenvalue weighted by molar-refractivity contribution is 6.31. The average molecular weight is 301 g/mol. The van der Waals surface area contributed by atoms with E-state index >= 15 is 0 Å². The highest BCUT2D eigenvalue weighted by Crippen LogP contribution is 2.35. The minimum atomic E-state index is -0.197. The molecular formula is C17H14ClFN2. The molecule has 0 saturated carbocycles. The maximum absolute atomic E-state index is 13.5. The van der Waals surface area contributed by atoms with Crippen LogP contribution in [0.5, 0.6) is 0 Å². The summed E-state index contributed by atoms with van der Waals surface area (Å²) in [5.41, 5.74) is 4.30. The minimum Gasteiger partial charge on any atom is -0.357 e. The Kier molecular flexibility index (Phi) is 2.98. The number of benzene rings is 2. The lowest BCUT2D eigenvalue weighted by Gasteiger charge is -2.25. The van der Waals surface area contributed by atoms with Gasteiger partial charge < -0.3 is 10.3 Å². The predicted octanol–water partition coefficient (Wildman–Crippen LogP) is 4.20. The fraction of sp³-hybridized carbons (Fsp3) is 0.176. The Morgan fingerprint density at radius 1 is 1.14 bits per heavy atom. The molecule has 0 fully saturated rings. The molecule has 106 valence electrons. The summed E-state index contributed by atoms with van der Waals surface area (Å²) in [5.74, 6) is -0.197. The lowest BCUT2D eigenvalue weighted by molar-refractivity contribution is 0.560. The maximum atomic E-state index is 13.5. The van der Waals surface area contributed by atoms with E-state index in [2.05, 4.69) is 10.3 Å². The van der Waals surface area contributed by atoms with Crippen LogP contribution in [0.3, 0.4) is 0 Å². The maximum Gasteiger partial charge on any atom is 0.123 e. The molecule has 4 heteroatoms. The van der Waals surface area contributed by atoms with E-state index in [-0.39, 0.29) is 11.9 Å². The SMILES string of the molecule is Fc1ccc2[nH]c3c(c2c1)CCNC3c1ccccc1Cl. The summed E-state index contributed by atoms with van der Waals surface area (Å²) < 4.78 is 13.5. The fourth-order valence-corrected chi connectivity index (χ4v) is 3.42. The quantitative estimate of drug-likeness (QED) is 0.693. The Hall–Kier alpha value is -1.84. The van der Waals surface area contributed by atoms with Gasteiger partial charge in [-0.3, -0.25) is 0 Å². The standard InChI is InChI=1S/C17H14ClFN2/c18-14-4-2-1-3-12(14)16-17-11(7-8-20-16)13-9-10(19)5-6-15(13)21-17/h1-6,9,16,20-21H,7-8H2. The van der Waals surface area contributed by atoms with E-state index in [1.165, 1.54) is 11.6 Å². The molecule has 21 heavy (non-hydrogen) atoms. The monoisotopic (exact) mass is 300 g/mol. The van der Waals surface area contributed by atoms with Crippen molar-refractivity contribution in [1.29, 1.82) is 0 Å². The number of nitrogens with one attached hydrogen (secondary N) is 2. The molecule has 0 radical (unpaired) electrons. The number of halogens is 2. The van der Waals surface area contributed by atoms with Crippen molar-refractivity contribution in [2.24, 2.45) is 0 Å². The first kappa shape index (κ1) is 12.9. The third-order valence-corrected chi connectivity index (χ3v) is 4.47. The molecular weight excluding hydrogens is 287 g/mol. The predicted molar refractivity (Wildman–Crippen MR) is 83.3 cm³/mol. The molecule has 3 aromatic rings. The second-order valence-electron chi connectivity index (χ2n) is 5.37. The van der Waals surface area contributed by atoms with Crippen LogP contribution in [0.1, 0.15) is 22.9 Å². The van der Waals surface area contributed by atoms with Gasteiger partial charge in [0.05, 0.1) is 6.04 Å². The van der Waals surface area contributed by atoms with Crippen molar-refractivity contribution in [3.8, 4) is 0 Å². The zero-order valence-corrected chi connectivity index (χ0v) is 12.0. The molecule has 4 rings (SSSR count). The van der Waals surface area contributed by atoms with Gasteiger partial charge in [0.25, 0.3) is 0 Å². The van der Waals surface area contributed by atoms with Crippen LogP contribution in [0.25, 0.3) is 10.9 Å². The van der Waals surface area contributed by atoms with Gasteiger partial charge in [-0.05, 0) is 41.8 Å². The molecule has 2 aromatic carbocycles. The Morgan fingerprint density at radius 3 is 2.86 bits per heavy atom. The number of H-pyrrole nitrogens is 1. The van der Waals surface area contributed by atoms with E-state index in [1.54, 1.807) is 12.1 Å². The molecule has 0 amide bonds. The topological polar surface area (TPSA) is 27.8 Å². The Bertz CT molecular complexity index is 825. The van der Waals surface area contributed by atoms with Crippen molar-refractivity contribution >= 4 is 22.5 Å². The lowest BCUT2D eigenvalue weighted by atomic mass is 9.94. The van der Waals surface area contributed by atoms with Gasteiger partial charge in [-0.15, -0.1) is 0 Å². The van der Waals surface area contributed by atoms with Crippen molar-refractivity contribution in [2.75, 3.05) is 6.54 Å². The molecule has 1 aromatic heterocycles. The van der Waals surface area contributed by atoms with Crippen LogP contribution in [0.15, 0.2) is 42.5 Å². The average Bonchev–Trinajstić information content (AvgIpc) is 2.86. The van der Waals surface area contributed by atoms with Gasteiger partial charge in [0, 0.05) is 28.2 Å². The number of hydrogen-bond donors (Lipinski definition) is 2. The van der Waals surface area contributed by atoms with E-state index in [9.17, 15) is 4.39 Å². The van der Waals surface area contributed by atoms with Crippen molar-refractivity contribution in [3.63, 3.8) is 0 Å². The summed E-state index contributed by atoms with van der Waals surface area (Å²) in [6.45, 7) is 0.854. The first-order valence-corrected chi connectivity index (χ1v) is 7.39. The summed E-state index contributed by atoms with van der Waals surface area (Å²) in [7, 11) is 0. The summed E-state index contributed by atoms with van der Waals surface area (Å²) in [6, 6.07) is 12.8. The molecule has 0 spiro atoms. The molecule has 0 bridgehead atoms. The van der Waals surface area contributed by atoms with Crippen molar-refractivity contribution in [2.45, 2.75) is 12.5 Å². The highest BCUT2D eigenvalue weighted by Gasteiger charge is 2.26. The third kappa shape index (κ3) is 2.04. The molecule has 1 atom stereocenters. The van der Waals surface area contributed by atoms with E-state index in [0.717, 1.165) is 40.1 Å². The smallest absolute Gasteiger partial charge is 0.123 e. The van der Waals surface area contributed by atoms with Crippen LogP contribution in [-0.4, -0.2) is 11.5 Å². The molecule has 2 heterocycles. The first-order valence-electron chi connectivity index (χ1n) is 7.02. The van der Waals surface area contributed by atoms with Crippen molar-refractivity contribution in [3.05, 3.63) is 70.1 Å². The van der Waals surface area contributed by atoms with Crippen molar-refractivity contribution in [1.82, 2.24) is 10.3 Å². The summed E-state index contributed by atoms with van der Waals surface area (Å²) in [4.78, 5) is 3.43. The zero-order chi connectivity index (χ0) is 14.4.